The summed E-state index contributed by atoms with van der Waals surface area (Å²) < 4.78 is 8.78. The van der Waals surface area contributed by atoms with E-state index in [0.29, 0.717) is 5.71 Å². The molecule has 172 valence electrons. The zero-order valence-electron chi connectivity index (χ0n) is 20.4. The van der Waals surface area contributed by atoms with Crippen molar-refractivity contribution in [3.8, 4) is 11.3 Å². The zero-order chi connectivity index (χ0) is 24.1. The van der Waals surface area contributed by atoms with E-state index < -0.39 is 0 Å². The second kappa shape index (κ2) is 6.88. The summed E-state index contributed by atoms with van der Waals surface area (Å²) in [5, 5.41) is 2.14. The first-order valence-corrected chi connectivity index (χ1v) is 12.5. The van der Waals surface area contributed by atoms with Gasteiger partial charge in [-0.25, -0.2) is 9.97 Å². The average Bonchev–Trinajstić information content (AvgIpc) is 3.26. The predicted octanol–water partition coefficient (Wildman–Crippen LogP) is 6.47. The first-order chi connectivity index (χ1) is 17.6. The summed E-state index contributed by atoms with van der Waals surface area (Å²) in [7, 11) is 2.19. The minimum atomic E-state index is 0.160. The zero-order valence-corrected chi connectivity index (χ0v) is 20.4. The molecule has 9 rings (SSSR count). The standard InChI is InChI=1S/C32H24N3O/c1-17-12-14-23-24-15-13-18(2)34-32(24)36-31(23)26(17)25-16-33-29-27-19-8-4-6-10-21(19)28(30(29)35(25)3)22-11-7-5-9-20(22)27/h4-16,27-28H,1-3H3/q+1. The summed E-state index contributed by atoms with van der Waals surface area (Å²) in [6, 6.07) is 26.2. The number of furan rings is 1. The third-order valence-electron chi connectivity index (χ3n) is 8.20. The molecular weight excluding hydrogens is 442 g/mol. The Kier molecular flexibility index (Phi) is 3.81. The van der Waals surface area contributed by atoms with Gasteiger partial charge in [-0.15, -0.1) is 0 Å². The first-order valence-electron chi connectivity index (χ1n) is 12.5. The van der Waals surface area contributed by atoms with Gasteiger partial charge in [-0.05, 0) is 53.8 Å². The van der Waals surface area contributed by atoms with E-state index in [9.17, 15) is 0 Å². The Hall–Kier alpha value is -4.31. The topological polar surface area (TPSA) is 42.8 Å². The number of hydrogen-bond donors (Lipinski definition) is 0. The lowest BCUT2D eigenvalue weighted by atomic mass is 9.64. The third kappa shape index (κ3) is 2.41. The number of nitrogens with zero attached hydrogens (tertiary/aromatic N) is 3. The Morgan fingerprint density at radius 1 is 0.750 bits per heavy atom. The Morgan fingerprint density at radius 3 is 2.08 bits per heavy atom. The van der Waals surface area contributed by atoms with Gasteiger partial charge >= 0.3 is 0 Å². The van der Waals surface area contributed by atoms with Crippen molar-refractivity contribution in [1.82, 2.24) is 9.97 Å². The molecule has 0 unspecified atom stereocenters. The molecule has 0 N–H and O–H groups in total. The number of hydrogen-bond acceptors (Lipinski definition) is 3. The fourth-order valence-corrected chi connectivity index (χ4v) is 6.61. The van der Waals surface area contributed by atoms with Crippen LogP contribution in [0.5, 0.6) is 0 Å². The van der Waals surface area contributed by atoms with Gasteiger partial charge in [0.25, 0.3) is 0 Å². The number of fused-ring (bicyclic) bond motifs is 3. The number of benzene rings is 3. The molecule has 0 radical (unpaired) electrons. The molecule has 3 aromatic carbocycles. The highest BCUT2D eigenvalue weighted by molar-refractivity contribution is 6.08. The van der Waals surface area contributed by atoms with Gasteiger partial charge in [-0.3, -0.25) is 0 Å². The Balaban J connectivity index is 1.43. The van der Waals surface area contributed by atoms with Gasteiger partial charge in [0.1, 0.15) is 12.7 Å². The monoisotopic (exact) mass is 466 g/mol. The molecule has 36 heavy (non-hydrogen) atoms. The number of aromatic nitrogens is 3. The molecule has 3 aliphatic carbocycles. The lowest BCUT2D eigenvalue weighted by Gasteiger charge is -2.38. The van der Waals surface area contributed by atoms with Crippen LogP contribution in [0.4, 0.5) is 0 Å². The first kappa shape index (κ1) is 19.9. The highest BCUT2D eigenvalue weighted by Gasteiger charge is 2.47. The van der Waals surface area contributed by atoms with Crippen molar-refractivity contribution in [2.24, 2.45) is 7.05 Å². The molecule has 3 aliphatic rings. The second-order valence-corrected chi connectivity index (χ2v) is 10.1. The summed E-state index contributed by atoms with van der Waals surface area (Å²) >= 11 is 0. The van der Waals surface area contributed by atoms with Crippen molar-refractivity contribution in [1.29, 1.82) is 0 Å². The van der Waals surface area contributed by atoms with Crippen LogP contribution in [0.25, 0.3) is 33.3 Å². The molecule has 0 fully saturated rings. The molecule has 0 amide bonds. The second-order valence-electron chi connectivity index (χ2n) is 10.1. The van der Waals surface area contributed by atoms with Crippen molar-refractivity contribution in [2.75, 3.05) is 0 Å². The highest BCUT2D eigenvalue weighted by atomic mass is 16.3. The van der Waals surface area contributed by atoms with Crippen molar-refractivity contribution >= 4 is 22.1 Å². The van der Waals surface area contributed by atoms with Gasteiger partial charge in [0.2, 0.25) is 17.1 Å². The summed E-state index contributed by atoms with van der Waals surface area (Å²) in [4.78, 5) is 9.84. The minimum Gasteiger partial charge on any atom is -0.437 e. The van der Waals surface area contributed by atoms with Crippen LogP contribution in [0.2, 0.25) is 0 Å². The smallest absolute Gasteiger partial charge is 0.235 e. The van der Waals surface area contributed by atoms with Gasteiger partial charge in [0.05, 0.1) is 23.6 Å². The lowest BCUT2D eigenvalue weighted by Crippen LogP contribution is -2.45. The molecule has 0 spiro atoms. The summed E-state index contributed by atoms with van der Waals surface area (Å²) in [6.45, 7) is 4.15. The molecule has 0 atom stereocenters. The molecule has 3 heterocycles. The lowest BCUT2D eigenvalue weighted by molar-refractivity contribution is -0.669. The van der Waals surface area contributed by atoms with E-state index in [1.807, 2.05) is 19.2 Å². The van der Waals surface area contributed by atoms with E-state index in [1.54, 1.807) is 0 Å². The quantitative estimate of drug-likeness (QED) is 0.260. The fourth-order valence-electron chi connectivity index (χ4n) is 6.61. The number of rotatable bonds is 1. The molecule has 4 nitrogen and oxygen atoms in total. The normalized spacial score (nSPS) is 17.3. The molecule has 0 saturated heterocycles. The maximum atomic E-state index is 6.42. The minimum absolute atomic E-state index is 0.160. The van der Waals surface area contributed by atoms with Crippen molar-refractivity contribution in [3.05, 3.63) is 124 Å². The van der Waals surface area contributed by atoms with Crippen LogP contribution in [-0.4, -0.2) is 9.97 Å². The fraction of sp³-hybridized carbons (Fsp3) is 0.156. The largest absolute Gasteiger partial charge is 0.437 e. The van der Waals surface area contributed by atoms with E-state index in [0.717, 1.165) is 44.6 Å². The maximum absolute atomic E-state index is 6.42. The van der Waals surface area contributed by atoms with Crippen molar-refractivity contribution in [3.63, 3.8) is 0 Å². The van der Waals surface area contributed by atoms with Crippen LogP contribution in [0, 0.1) is 13.8 Å². The van der Waals surface area contributed by atoms with Crippen LogP contribution >= 0.6 is 0 Å². The molecule has 0 aliphatic heterocycles. The summed E-state index contributed by atoms with van der Waals surface area (Å²) in [5.41, 5.74) is 13.8. The van der Waals surface area contributed by atoms with Gasteiger partial charge in [0.15, 0.2) is 5.58 Å². The molecule has 6 aromatic rings. The Morgan fingerprint density at radius 2 is 1.39 bits per heavy atom. The van der Waals surface area contributed by atoms with Crippen LogP contribution < -0.4 is 4.57 Å². The molecule has 3 aromatic heterocycles. The predicted molar refractivity (Wildman–Crippen MR) is 140 cm³/mol. The SMILES string of the molecule is Cc1ccc2c(n1)oc1c(-c3cnc4c([n+]3C)C3c5ccccc5C4c4ccccc43)c(C)ccc12. The van der Waals surface area contributed by atoms with Crippen molar-refractivity contribution < 1.29 is 8.98 Å². The van der Waals surface area contributed by atoms with E-state index >= 15 is 0 Å². The van der Waals surface area contributed by atoms with E-state index in [2.05, 4.69) is 90.3 Å². The third-order valence-corrected chi connectivity index (χ3v) is 8.20. The highest BCUT2D eigenvalue weighted by Crippen LogP contribution is 2.54. The number of aryl methyl sites for hydroxylation is 2. The van der Waals surface area contributed by atoms with Crippen LogP contribution in [0.1, 0.15) is 56.7 Å². The van der Waals surface area contributed by atoms with Gasteiger partial charge in [-0.1, -0.05) is 60.7 Å². The summed E-state index contributed by atoms with van der Waals surface area (Å²) in [6.07, 6.45) is 2.04. The van der Waals surface area contributed by atoms with Gasteiger partial charge < -0.3 is 4.42 Å². The van der Waals surface area contributed by atoms with E-state index in [-0.39, 0.29) is 11.8 Å². The molecule has 0 saturated carbocycles. The van der Waals surface area contributed by atoms with Crippen LogP contribution in [0.3, 0.4) is 0 Å². The van der Waals surface area contributed by atoms with Crippen LogP contribution in [0.15, 0.2) is 83.4 Å². The molecule has 4 heteroatoms. The Labute approximate surface area is 208 Å². The molecule has 2 bridgehead atoms. The van der Waals surface area contributed by atoms with Crippen LogP contribution in [-0.2, 0) is 7.05 Å². The number of pyridine rings is 1. The van der Waals surface area contributed by atoms with Gasteiger partial charge in [0, 0.05) is 16.5 Å². The Bertz CT molecular complexity index is 1850. The van der Waals surface area contributed by atoms with E-state index in [1.165, 1.54) is 27.9 Å². The maximum Gasteiger partial charge on any atom is 0.235 e. The van der Waals surface area contributed by atoms with Gasteiger partial charge in [-0.2, -0.15) is 4.57 Å². The van der Waals surface area contributed by atoms with Crippen molar-refractivity contribution in [2.45, 2.75) is 25.7 Å². The van der Waals surface area contributed by atoms with E-state index in [4.69, 9.17) is 9.40 Å². The average molecular weight is 467 g/mol. The summed E-state index contributed by atoms with van der Waals surface area (Å²) in [5.74, 6) is 0.322. The molecular formula is C32H24N3O+.